The molecule has 0 fully saturated rings. The molecule has 1 N–H and O–H groups in total. The van der Waals surface area contributed by atoms with Crippen molar-refractivity contribution in [2.24, 2.45) is 0 Å². The van der Waals surface area contributed by atoms with Crippen LogP contribution < -0.4 is 5.32 Å². The third-order valence-electron chi connectivity index (χ3n) is 4.63. The molecule has 30 heavy (non-hydrogen) atoms. The van der Waals surface area contributed by atoms with Gasteiger partial charge in [0.15, 0.2) is 12.6 Å². The number of nitrogens with zero attached hydrogens (tertiary/aromatic N) is 4. The number of carbonyl (C=O) groups is 2. The highest BCUT2D eigenvalue weighted by Gasteiger charge is 2.24. The lowest BCUT2D eigenvalue weighted by Crippen LogP contribution is -2.28. The summed E-state index contributed by atoms with van der Waals surface area (Å²) in [5.74, 6) is -0.976. The number of benzene rings is 2. The molecule has 2 aromatic carbocycles. The number of anilines is 1. The van der Waals surface area contributed by atoms with Crippen molar-refractivity contribution in [2.45, 2.75) is 38.6 Å². The Balaban J connectivity index is 1.55. The van der Waals surface area contributed by atoms with Crippen LogP contribution in [0.5, 0.6) is 0 Å². The summed E-state index contributed by atoms with van der Waals surface area (Å²) in [6.45, 7) is 1.77. The van der Waals surface area contributed by atoms with Crippen LogP contribution in [0, 0.1) is 0 Å². The minimum Gasteiger partial charge on any atom is -0.454 e. The number of carbonyl (C=O) groups excluding carboxylic acids is 2. The van der Waals surface area contributed by atoms with Crippen LogP contribution in [0.15, 0.2) is 60.9 Å². The molecule has 0 spiro atoms. The number of unbranched alkanes of at least 4 members (excludes halogenated alkanes) is 1. The molecule has 3 aromatic rings. The van der Waals surface area contributed by atoms with Gasteiger partial charge in [-0.25, -0.2) is 9.48 Å². The molecule has 0 aliphatic heterocycles. The molecule has 0 saturated heterocycles. The average Bonchev–Trinajstić information content (AvgIpc) is 3.30. The van der Waals surface area contributed by atoms with Crippen LogP contribution >= 0.6 is 0 Å². The summed E-state index contributed by atoms with van der Waals surface area (Å²) >= 11 is 0. The number of nitrogens with one attached hydrogen (secondary N) is 1. The van der Waals surface area contributed by atoms with Gasteiger partial charge in [0.2, 0.25) is 0 Å². The Morgan fingerprint density at radius 1 is 1.07 bits per heavy atom. The van der Waals surface area contributed by atoms with E-state index in [9.17, 15) is 9.59 Å². The molecule has 3 rings (SSSR count). The topological polar surface area (TPSA) is 99.0 Å². The van der Waals surface area contributed by atoms with E-state index in [2.05, 4.69) is 27.8 Å². The third-order valence-corrected chi connectivity index (χ3v) is 4.63. The van der Waals surface area contributed by atoms with Gasteiger partial charge in [0, 0.05) is 12.1 Å². The second-order valence-electron chi connectivity index (χ2n) is 6.95. The van der Waals surface area contributed by atoms with Gasteiger partial charge in [0.1, 0.15) is 6.33 Å². The Morgan fingerprint density at radius 2 is 1.83 bits per heavy atom. The number of amides is 1. The molecule has 0 aliphatic carbocycles. The van der Waals surface area contributed by atoms with Crippen molar-refractivity contribution in [3.63, 3.8) is 0 Å². The zero-order valence-corrected chi connectivity index (χ0v) is 16.9. The minimum absolute atomic E-state index is 0.353. The van der Waals surface area contributed by atoms with Crippen LogP contribution in [0.25, 0.3) is 0 Å². The molecule has 0 aliphatic rings. The van der Waals surface area contributed by atoms with Crippen LogP contribution in [-0.4, -0.2) is 38.7 Å². The summed E-state index contributed by atoms with van der Waals surface area (Å²) in [5.41, 5.74) is 2.83. The molecule has 0 unspecified atom stereocenters. The number of ether oxygens (including phenoxy) is 1. The summed E-state index contributed by atoms with van der Waals surface area (Å²) in [6.07, 6.45) is 5.00. The molecular formula is C22H25N5O3. The maximum Gasteiger partial charge on any atom is 0.331 e. The van der Waals surface area contributed by atoms with E-state index in [0.29, 0.717) is 12.1 Å². The predicted molar refractivity (Wildman–Crippen MR) is 112 cm³/mol. The van der Waals surface area contributed by atoms with E-state index in [1.165, 1.54) is 16.6 Å². The molecule has 1 amide bonds. The smallest absolute Gasteiger partial charge is 0.331 e. The van der Waals surface area contributed by atoms with Gasteiger partial charge in [0.05, 0.1) is 0 Å². The van der Waals surface area contributed by atoms with Gasteiger partial charge >= 0.3 is 5.97 Å². The van der Waals surface area contributed by atoms with Gasteiger partial charge in [0.25, 0.3) is 5.91 Å². The van der Waals surface area contributed by atoms with Crippen molar-refractivity contribution in [1.82, 2.24) is 20.2 Å². The first-order valence-corrected chi connectivity index (χ1v) is 9.97. The summed E-state index contributed by atoms with van der Waals surface area (Å²) in [5, 5.41) is 13.7. The monoisotopic (exact) mass is 407 g/mol. The van der Waals surface area contributed by atoms with E-state index >= 15 is 0 Å². The maximum atomic E-state index is 12.6. The number of rotatable bonds is 10. The Labute approximate surface area is 175 Å². The fourth-order valence-electron chi connectivity index (χ4n) is 3.00. The Kier molecular flexibility index (Phi) is 7.65. The number of esters is 1. The van der Waals surface area contributed by atoms with Crippen LogP contribution in [0.2, 0.25) is 0 Å². The second-order valence-corrected chi connectivity index (χ2v) is 6.95. The van der Waals surface area contributed by atoms with E-state index in [-0.39, 0.29) is 6.61 Å². The number of hydrogen-bond donors (Lipinski definition) is 1. The zero-order valence-electron chi connectivity index (χ0n) is 16.9. The molecule has 1 atom stereocenters. The quantitative estimate of drug-likeness (QED) is 0.519. The highest BCUT2D eigenvalue weighted by Crippen LogP contribution is 2.15. The van der Waals surface area contributed by atoms with Crippen molar-refractivity contribution in [3.8, 4) is 0 Å². The molecule has 8 nitrogen and oxygen atoms in total. The van der Waals surface area contributed by atoms with E-state index < -0.39 is 17.9 Å². The minimum atomic E-state index is -0.756. The van der Waals surface area contributed by atoms with Crippen molar-refractivity contribution in [1.29, 1.82) is 0 Å². The fourth-order valence-corrected chi connectivity index (χ4v) is 3.00. The summed E-state index contributed by atoms with van der Waals surface area (Å²) in [6, 6.07) is 16.4. The standard InChI is InChI=1S/C22H25N5O3/c1-2-3-7-17-10-12-19(13-11-17)24-21(28)15-30-22(29)20(27-16-23-25-26-27)14-18-8-5-4-6-9-18/h4-6,8-13,16,20H,2-3,7,14-15H2,1H3,(H,24,28)/t20-/m0/s1. The van der Waals surface area contributed by atoms with Gasteiger partial charge in [-0.05, 0) is 46.5 Å². The Hall–Kier alpha value is -3.55. The second kappa shape index (κ2) is 10.8. The van der Waals surface area contributed by atoms with Gasteiger partial charge < -0.3 is 10.1 Å². The largest absolute Gasteiger partial charge is 0.454 e. The average molecular weight is 407 g/mol. The summed E-state index contributed by atoms with van der Waals surface area (Å²) < 4.78 is 6.58. The molecule has 0 bridgehead atoms. The fraction of sp³-hybridized carbons (Fsp3) is 0.318. The number of hydrogen-bond acceptors (Lipinski definition) is 6. The van der Waals surface area contributed by atoms with Crippen LogP contribution in [-0.2, 0) is 27.2 Å². The van der Waals surface area contributed by atoms with Crippen LogP contribution in [0.3, 0.4) is 0 Å². The number of tetrazole rings is 1. The normalized spacial score (nSPS) is 11.6. The first-order valence-electron chi connectivity index (χ1n) is 9.97. The van der Waals surface area contributed by atoms with Crippen LogP contribution in [0.1, 0.15) is 36.9 Å². The molecule has 1 aromatic heterocycles. The first-order chi connectivity index (χ1) is 14.7. The highest BCUT2D eigenvalue weighted by atomic mass is 16.5. The predicted octanol–water partition coefficient (Wildman–Crippen LogP) is 2.98. The van der Waals surface area contributed by atoms with E-state index in [4.69, 9.17) is 4.74 Å². The molecular weight excluding hydrogens is 382 g/mol. The SMILES string of the molecule is CCCCc1ccc(NC(=O)COC(=O)[C@H](Cc2ccccc2)n2cnnn2)cc1. The Morgan fingerprint density at radius 3 is 2.50 bits per heavy atom. The summed E-state index contributed by atoms with van der Waals surface area (Å²) in [7, 11) is 0. The maximum absolute atomic E-state index is 12.6. The molecule has 1 heterocycles. The molecule has 156 valence electrons. The number of aryl methyl sites for hydroxylation is 1. The van der Waals surface area contributed by atoms with Gasteiger partial charge in [-0.15, -0.1) is 5.10 Å². The van der Waals surface area contributed by atoms with E-state index in [1.54, 1.807) is 0 Å². The van der Waals surface area contributed by atoms with Gasteiger partial charge in [-0.3, -0.25) is 4.79 Å². The molecule has 0 radical (unpaired) electrons. The van der Waals surface area contributed by atoms with E-state index in [1.807, 2.05) is 54.6 Å². The first kappa shape index (κ1) is 21.2. The van der Waals surface area contributed by atoms with Crippen molar-refractivity contribution in [2.75, 3.05) is 11.9 Å². The third kappa shape index (κ3) is 6.23. The lowest BCUT2D eigenvalue weighted by atomic mass is 10.1. The van der Waals surface area contributed by atoms with Crippen molar-refractivity contribution < 1.29 is 14.3 Å². The van der Waals surface area contributed by atoms with Crippen LogP contribution in [0.4, 0.5) is 5.69 Å². The summed E-state index contributed by atoms with van der Waals surface area (Å²) in [4.78, 5) is 24.8. The number of aromatic nitrogens is 4. The molecule has 0 saturated carbocycles. The van der Waals surface area contributed by atoms with Crippen molar-refractivity contribution >= 4 is 17.6 Å². The van der Waals surface area contributed by atoms with Gasteiger partial charge in [-0.1, -0.05) is 55.8 Å². The van der Waals surface area contributed by atoms with Gasteiger partial charge in [-0.2, -0.15) is 0 Å². The van der Waals surface area contributed by atoms with Crippen molar-refractivity contribution in [3.05, 3.63) is 72.1 Å². The zero-order chi connectivity index (χ0) is 21.2. The molecule has 8 heteroatoms. The Bertz CT molecular complexity index is 927. The van der Waals surface area contributed by atoms with E-state index in [0.717, 1.165) is 24.8 Å². The lowest BCUT2D eigenvalue weighted by molar-refractivity contribution is -0.151. The lowest BCUT2D eigenvalue weighted by Gasteiger charge is -2.15. The highest BCUT2D eigenvalue weighted by molar-refractivity contribution is 5.93.